The van der Waals surface area contributed by atoms with E-state index in [1.807, 2.05) is 18.2 Å². The van der Waals surface area contributed by atoms with E-state index in [-0.39, 0.29) is 6.04 Å². The number of hydrogen-bond acceptors (Lipinski definition) is 3. The summed E-state index contributed by atoms with van der Waals surface area (Å²) in [6.45, 7) is 5.36. The van der Waals surface area contributed by atoms with Crippen molar-refractivity contribution >= 4 is 0 Å². The Morgan fingerprint density at radius 3 is 2.53 bits per heavy atom. The van der Waals surface area contributed by atoms with Crippen molar-refractivity contribution in [2.75, 3.05) is 32.7 Å². The van der Waals surface area contributed by atoms with Crippen LogP contribution in [-0.2, 0) is 0 Å². The van der Waals surface area contributed by atoms with Gasteiger partial charge in [0.05, 0.1) is 0 Å². The summed E-state index contributed by atoms with van der Waals surface area (Å²) < 4.78 is 0. The molecule has 0 unspecified atom stereocenters. The Bertz CT molecular complexity index is 280. The minimum absolute atomic E-state index is 0.143. The first-order chi connectivity index (χ1) is 7.36. The molecule has 3 heteroatoms. The molecule has 0 amide bonds. The third-order valence-corrected chi connectivity index (χ3v) is 2.89. The molecule has 1 fully saturated rings. The van der Waals surface area contributed by atoms with Crippen molar-refractivity contribution in [1.29, 1.82) is 0 Å². The summed E-state index contributed by atoms with van der Waals surface area (Å²) in [5, 5.41) is 3.35. The Morgan fingerprint density at radius 1 is 1.20 bits per heavy atom. The number of nitrogens with zero attached hydrogens (tertiary/aromatic N) is 1. The molecule has 1 aromatic carbocycles. The second-order valence-corrected chi connectivity index (χ2v) is 4.07. The van der Waals surface area contributed by atoms with E-state index < -0.39 is 0 Å². The maximum atomic E-state index is 6.16. The van der Waals surface area contributed by atoms with Gasteiger partial charge in [0.25, 0.3) is 0 Å². The molecule has 1 atom stereocenters. The largest absolute Gasteiger partial charge is 0.323 e. The quantitative estimate of drug-likeness (QED) is 0.759. The van der Waals surface area contributed by atoms with Crippen molar-refractivity contribution in [3.8, 4) is 0 Å². The van der Waals surface area contributed by atoms with Crippen molar-refractivity contribution in [1.82, 2.24) is 10.2 Å². The molecule has 15 heavy (non-hydrogen) atoms. The van der Waals surface area contributed by atoms with E-state index in [1.165, 1.54) is 5.56 Å². The van der Waals surface area contributed by atoms with Crippen LogP contribution in [0.25, 0.3) is 0 Å². The van der Waals surface area contributed by atoms with E-state index in [0.717, 1.165) is 32.7 Å². The maximum Gasteiger partial charge on any atom is 0.0424 e. The Morgan fingerprint density at radius 2 is 1.87 bits per heavy atom. The van der Waals surface area contributed by atoms with E-state index >= 15 is 0 Å². The summed E-state index contributed by atoms with van der Waals surface area (Å²) in [6, 6.07) is 10.5. The van der Waals surface area contributed by atoms with Crippen LogP contribution in [0.1, 0.15) is 11.6 Å². The number of nitrogens with two attached hydrogens (primary N) is 1. The predicted octanol–water partition coefficient (Wildman–Crippen LogP) is 0.592. The van der Waals surface area contributed by atoms with Crippen molar-refractivity contribution in [3.63, 3.8) is 0 Å². The lowest BCUT2D eigenvalue weighted by atomic mass is 10.1. The van der Waals surface area contributed by atoms with Crippen LogP contribution >= 0.6 is 0 Å². The first-order valence-electron chi connectivity index (χ1n) is 5.60. The van der Waals surface area contributed by atoms with Crippen LogP contribution in [0.3, 0.4) is 0 Å². The van der Waals surface area contributed by atoms with Crippen LogP contribution in [0.4, 0.5) is 0 Å². The molecule has 1 aliphatic rings. The fourth-order valence-electron chi connectivity index (χ4n) is 1.98. The molecule has 3 nitrogen and oxygen atoms in total. The van der Waals surface area contributed by atoms with Crippen LogP contribution < -0.4 is 11.1 Å². The van der Waals surface area contributed by atoms with Gasteiger partial charge in [0, 0.05) is 38.8 Å². The van der Waals surface area contributed by atoms with Gasteiger partial charge in [-0.25, -0.2) is 0 Å². The summed E-state index contributed by atoms with van der Waals surface area (Å²) in [7, 11) is 0. The highest BCUT2D eigenvalue weighted by atomic mass is 15.2. The van der Waals surface area contributed by atoms with E-state index in [0.29, 0.717) is 0 Å². The molecule has 3 N–H and O–H groups in total. The van der Waals surface area contributed by atoms with E-state index in [1.54, 1.807) is 0 Å². The molecule has 0 aliphatic carbocycles. The standard InChI is InChI=1S/C12H19N3/c13-12(11-4-2-1-3-5-11)10-15-8-6-14-7-9-15/h1-5,12,14H,6-10,13H2/t12-/m0/s1. The lowest BCUT2D eigenvalue weighted by Gasteiger charge is -2.29. The van der Waals surface area contributed by atoms with Gasteiger partial charge in [0.2, 0.25) is 0 Å². The predicted molar refractivity (Wildman–Crippen MR) is 62.7 cm³/mol. The monoisotopic (exact) mass is 205 g/mol. The van der Waals surface area contributed by atoms with Crippen molar-refractivity contribution < 1.29 is 0 Å². The van der Waals surface area contributed by atoms with E-state index in [4.69, 9.17) is 5.73 Å². The smallest absolute Gasteiger partial charge is 0.0424 e. The minimum Gasteiger partial charge on any atom is -0.323 e. The molecule has 0 radical (unpaired) electrons. The van der Waals surface area contributed by atoms with E-state index in [2.05, 4.69) is 22.3 Å². The first-order valence-corrected chi connectivity index (χ1v) is 5.60. The third kappa shape index (κ3) is 3.02. The number of piperazine rings is 1. The summed E-state index contributed by atoms with van der Waals surface area (Å²) >= 11 is 0. The maximum absolute atomic E-state index is 6.16. The van der Waals surface area contributed by atoms with Crippen LogP contribution in [-0.4, -0.2) is 37.6 Å². The number of hydrogen-bond donors (Lipinski definition) is 2. The van der Waals surface area contributed by atoms with Crippen LogP contribution in [0.15, 0.2) is 30.3 Å². The fraction of sp³-hybridized carbons (Fsp3) is 0.500. The van der Waals surface area contributed by atoms with Gasteiger partial charge >= 0.3 is 0 Å². The second kappa shape index (κ2) is 5.26. The zero-order chi connectivity index (χ0) is 10.5. The molecule has 1 heterocycles. The SMILES string of the molecule is N[C@@H](CN1CCNCC1)c1ccccc1. The van der Waals surface area contributed by atoms with Crippen LogP contribution in [0.2, 0.25) is 0 Å². The average Bonchev–Trinajstić information content (AvgIpc) is 2.31. The summed E-state index contributed by atoms with van der Waals surface area (Å²) in [4.78, 5) is 2.42. The second-order valence-electron chi connectivity index (χ2n) is 4.07. The van der Waals surface area contributed by atoms with Gasteiger partial charge in [-0.2, -0.15) is 0 Å². The molecule has 1 aromatic rings. The molecule has 0 saturated carbocycles. The van der Waals surface area contributed by atoms with E-state index in [9.17, 15) is 0 Å². The Hall–Kier alpha value is -0.900. The highest BCUT2D eigenvalue weighted by molar-refractivity contribution is 5.18. The molecule has 0 bridgehead atoms. The molecule has 1 aliphatic heterocycles. The summed E-state index contributed by atoms with van der Waals surface area (Å²) in [5.74, 6) is 0. The molecule has 82 valence electrons. The van der Waals surface area contributed by atoms with Crippen molar-refractivity contribution in [2.45, 2.75) is 6.04 Å². The summed E-state index contributed by atoms with van der Waals surface area (Å²) in [6.07, 6.45) is 0. The molecule has 2 rings (SSSR count). The molecular formula is C12H19N3. The lowest BCUT2D eigenvalue weighted by Crippen LogP contribution is -2.45. The van der Waals surface area contributed by atoms with Crippen molar-refractivity contribution in [3.05, 3.63) is 35.9 Å². The van der Waals surface area contributed by atoms with Crippen LogP contribution in [0.5, 0.6) is 0 Å². The third-order valence-electron chi connectivity index (χ3n) is 2.89. The molecule has 1 saturated heterocycles. The normalized spacial score (nSPS) is 20.1. The number of rotatable bonds is 3. The topological polar surface area (TPSA) is 41.3 Å². The highest BCUT2D eigenvalue weighted by Gasteiger charge is 2.13. The van der Waals surface area contributed by atoms with Gasteiger partial charge in [0.15, 0.2) is 0 Å². The number of benzene rings is 1. The van der Waals surface area contributed by atoms with Crippen LogP contribution in [0, 0.1) is 0 Å². The number of nitrogens with one attached hydrogen (secondary N) is 1. The van der Waals surface area contributed by atoms with Gasteiger partial charge in [0.1, 0.15) is 0 Å². The highest BCUT2D eigenvalue weighted by Crippen LogP contribution is 2.11. The molecule has 0 aromatic heterocycles. The molecule has 0 spiro atoms. The van der Waals surface area contributed by atoms with Crippen molar-refractivity contribution in [2.24, 2.45) is 5.73 Å². The Balaban J connectivity index is 1.88. The zero-order valence-electron chi connectivity index (χ0n) is 9.02. The van der Waals surface area contributed by atoms with Gasteiger partial charge in [-0.3, -0.25) is 4.90 Å². The Kier molecular flexibility index (Phi) is 3.72. The average molecular weight is 205 g/mol. The van der Waals surface area contributed by atoms with Gasteiger partial charge < -0.3 is 11.1 Å². The summed E-state index contributed by atoms with van der Waals surface area (Å²) in [5.41, 5.74) is 7.40. The van der Waals surface area contributed by atoms with Gasteiger partial charge in [-0.15, -0.1) is 0 Å². The zero-order valence-corrected chi connectivity index (χ0v) is 9.02. The lowest BCUT2D eigenvalue weighted by molar-refractivity contribution is 0.228. The van der Waals surface area contributed by atoms with Gasteiger partial charge in [-0.1, -0.05) is 30.3 Å². The first kappa shape index (κ1) is 10.6. The fourth-order valence-corrected chi connectivity index (χ4v) is 1.98. The molecular weight excluding hydrogens is 186 g/mol. The minimum atomic E-state index is 0.143. The van der Waals surface area contributed by atoms with Gasteiger partial charge in [-0.05, 0) is 5.56 Å². The Labute approximate surface area is 91.3 Å².